The molecule has 0 N–H and O–H groups in total. The first-order valence-corrected chi connectivity index (χ1v) is 7.39. The van der Waals surface area contributed by atoms with Crippen molar-refractivity contribution in [3.05, 3.63) is 28.2 Å². The van der Waals surface area contributed by atoms with E-state index in [0.29, 0.717) is 11.5 Å². The first-order chi connectivity index (χ1) is 8.66. The van der Waals surface area contributed by atoms with Crippen LogP contribution in [-0.2, 0) is 0 Å². The highest BCUT2D eigenvalue weighted by atomic mass is 79.9. The van der Waals surface area contributed by atoms with Gasteiger partial charge in [-0.1, -0.05) is 19.3 Å². The molecule has 0 spiro atoms. The highest BCUT2D eigenvalue weighted by Gasteiger charge is 2.14. The molecule has 0 saturated heterocycles. The van der Waals surface area contributed by atoms with Crippen LogP contribution >= 0.6 is 15.9 Å². The molecule has 2 rings (SSSR count). The van der Waals surface area contributed by atoms with Gasteiger partial charge in [0.1, 0.15) is 5.75 Å². The molecule has 3 heteroatoms. The fraction of sp³-hybridized carbons (Fsp3) is 0.533. The number of hydrogen-bond acceptors (Lipinski definition) is 2. The van der Waals surface area contributed by atoms with Crippen molar-refractivity contribution < 1.29 is 9.53 Å². The third kappa shape index (κ3) is 3.58. The molecule has 2 nitrogen and oxygen atoms in total. The Morgan fingerprint density at radius 1 is 1.33 bits per heavy atom. The average Bonchev–Trinajstić information content (AvgIpc) is 2.37. The summed E-state index contributed by atoms with van der Waals surface area (Å²) in [6.45, 7) is 2.37. The first-order valence-electron chi connectivity index (χ1n) is 6.60. The Labute approximate surface area is 117 Å². The zero-order chi connectivity index (χ0) is 13.0. The topological polar surface area (TPSA) is 26.3 Å². The van der Waals surface area contributed by atoms with Crippen molar-refractivity contribution >= 4 is 21.7 Å². The molecule has 1 aromatic carbocycles. The number of benzene rings is 1. The van der Waals surface area contributed by atoms with Gasteiger partial charge in [-0.25, -0.2) is 0 Å². The lowest BCUT2D eigenvalue weighted by molar-refractivity contribution is 0.101. The van der Waals surface area contributed by atoms with Crippen LogP contribution in [0.2, 0.25) is 0 Å². The summed E-state index contributed by atoms with van der Waals surface area (Å²) in [7, 11) is 0. The van der Waals surface area contributed by atoms with Gasteiger partial charge in [0.2, 0.25) is 0 Å². The van der Waals surface area contributed by atoms with Crippen LogP contribution in [0.1, 0.15) is 49.4 Å². The van der Waals surface area contributed by atoms with Gasteiger partial charge in [0.15, 0.2) is 5.78 Å². The van der Waals surface area contributed by atoms with Gasteiger partial charge in [-0.3, -0.25) is 4.79 Å². The van der Waals surface area contributed by atoms with E-state index in [1.807, 2.05) is 18.2 Å². The molecule has 0 aliphatic heterocycles. The molecule has 1 aliphatic carbocycles. The van der Waals surface area contributed by atoms with Crippen molar-refractivity contribution in [2.45, 2.75) is 39.0 Å². The zero-order valence-electron chi connectivity index (χ0n) is 10.7. The molecule has 1 saturated carbocycles. The van der Waals surface area contributed by atoms with Crippen molar-refractivity contribution in [3.63, 3.8) is 0 Å². The first kappa shape index (κ1) is 13.6. The minimum atomic E-state index is 0.0701. The van der Waals surface area contributed by atoms with Crippen molar-refractivity contribution in [1.29, 1.82) is 0 Å². The SMILES string of the molecule is CC(=O)c1ccc(OCC2CCCCC2)cc1Br. The predicted molar refractivity (Wildman–Crippen MR) is 76.2 cm³/mol. The molecular formula is C15H19BrO2. The number of Topliss-reactive ketones (excluding diaryl/α,β-unsaturated/α-hetero) is 1. The second kappa shape index (κ2) is 6.37. The van der Waals surface area contributed by atoms with Crippen LogP contribution in [-0.4, -0.2) is 12.4 Å². The number of rotatable bonds is 4. The smallest absolute Gasteiger partial charge is 0.160 e. The second-order valence-electron chi connectivity index (χ2n) is 5.01. The Morgan fingerprint density at radius 3 is 2.67 bits per heavy atom. The summed E-state index contributed by atoms with van der Waals surface area (Å²) >= 11 is 3.41. The van der Waals surface area contributed by atoms with E-state index in [0.717, 1.165) is 16.8 Å². The van der Waals surface area contributed by atoms with Crippen molar-refractivity contribution in [2.75, 3.05) is 6.61 Å². The van der Waals surface area contributed by atoms with Crippen LogP contribution < -0.4 is 4.74 Å². The molecule has 1 aromatic rings. The van der Waals surface area contributed by atoms with E-state index < -0.39 is 0 Å². The van der Waals surface area contributed by atoms with Crippen LogP contribution in [0.25, 0.3) is 0 Å². The number of ketones is 1. The molecule has 98 valence electrons. The summed E-state index contributed by atoms with van der Waals surface area (Å²) in [5, 5.41) is 0. The lowest BCUT2D eigenvalue weighted by atomic mass is 9.90. The fourth-order valence-corrected chi connectivity index (χ4v) is 3.08. The monoisotopic (exact) mass is 310 g/mol. The minimum Gasteiger partial charge on any atom is -0.493 e. The van der Waals surface area contributed by atoms with E-state index in [9.17, 15) is 4.79 Å². The summed E-state index contributed by atoms with van der Waals surface area (Å²) < 4.78 is 6.64. The van der Waals surface area contributed by atoms with Gasteiger partial charge >= 0.3 is 0 Å². The highest BCUT2D eigenvalue weighted by Crippen LogP contribution is 2.27. The maximum absolute atomic E-state index is 11.3. The maximum atomic E-state index is 11.3. The molecule has 0 radical (unpaired) electrons. The van der Waals surface area contributed by atoms with Gasteiger partial charge in [0.25, 0.3) is 0 Å². The zero-order valence-corrected chi connectivity index (χ0v) is 12.3. The molecule has 0 unspecified atom stereocenters. The van der Waals surface area contributed by atoms with Crippen molar-refractivity contribution in [1.82, 2.24) is 0 Å². The third-order valence-corrected chi connectivity index (χ3v) is 4.19. The highest BCUT2D eigenvalue weighted by molar-refractivity contribution is 9.10. The number of hydrogen-bond donors (Lipinski definition) is 0. The van der Waals surface area contributed by atoms with Gasteiger partial charge < -0.3 is 4.74 Å². The van der Waals surface area contributed by atoms with E-state index in [1.165, 1.54) is 32.1 Å². The average molecular weight is 311 g/mol. The van der Waals surface area contributed by atoms with E-state index in [-0.39, 0.29) is 5.78 Å². The molecule has 0 heterocycles. The summed E-state index contributed by atoms with van der Waals surface area (Å²) in [5.41, 5.74) is 0.708. The van der Waals surface area contributed by atoms with Gasteiger partial charge in [0, 0.05) is 10.0 Å². The van der Waals surface area contributed by atoms with Gasteiger partial charge in [-0.2, -0.15) is 0 Å². The third-order valence-electron chi connectivity index (χ3n) is 3.53. The number of halogens is 1. The second-order valence-corrected chi connectivity index (χ2v) is 5.87. The van der Waals surface area contributed by atoms with Crippen LogP contribution in [0.5, 0.6) is 5.75 Å². The van der Waals surface area contributed by atoms with E-state index in [4.69, 9.17) is 4.74 Å². The largest absolute Gasteiger partial charge is 0.493 e. The molecular weight excluding hydrogens is 292 g/mol. The molecule has 0 bridgehead atoms. The standard InChI is InChI=1S/C15H19BrO2/c1-11(17)14-8-7-13(9-15(14)16)18-10-12-5-3-2-4-6-12/h7-9,12H,2-6,10H2,1H3. The Morgan fingerprint density at radius 2 is 2.06 bits per heavy atom. The lowest BCUT2D eigenvalue weighted by Gasteiger charge is -2.21. The number of ether oxygens (including phenoxy) is 1. The lowest BCUT2D eigenvalue weighted by Crippen LogP contribution is -2.15. The molecule has 0 aromatic heterocycles. The van der Waals surface area contributed by atoms with E-state index in [2.05, 4.69) is 15.9 Å². The fourth-order valence-electron chi connectivity index (χ4n) is 2.44. The molecule has 0 atom stereocenters. The molecule has 18 heavy (non-hydrogen) atoms. The number of carbonyl (C=O) groups is 1. The summed E-state index contributed by atoms with van der Waals surface area (Å²) in [6, 6.07) is 5.59. The quantitative estimate of drug-likeness (QED) is 0.759. The minimum absolute atomic E-state index is 0.0701. The molecule has 1 fully saturated rings. The Hall–Kier alpha value is -0.830. The summed E-state index contributed by atoms with van der Waals surface area (Å²) in [5.74, 6) is 1.61. The van der Waals surface area contributed by atoms with E-state index >= 15 is 0 Å². The summed E-state index contributed by atoms with van der Waals surface area (Å²) in [4.78, 5) is 11.3. The molecule has 0 amide bonds. The van der Waals surface area contributed by atoms with Gasteiger partial charge in [-0.05, 0) is 59.8 Å². The van der Waals surface area contributed by atoms with E-state index in [1.54, 1.807) is 6.92 Å². The van der Waals surface area contributed by atoms with Gasteiger partial charge in [0.05, 0.1) is 6.61 Å². The van der Waals surface area contributed by atoms with Crippen LogP contribution in [0.15, 0.2) is 22.7 Å². The molecule has 1 aliphatic rings. The number of carbonyl (C=O) groups excluding carboxylic acids is 1. The maximum Gasteiger partial charge on any atom is 0.160 e. The predicted octanol–water partition coefficient (Wildman–Crippen LogP) is 4.61. The van der Waals surface area contributed by atoms with Crippen LogP contribution in [0, 0.1) is 5.92 Å². The van der Waals surface area contributed by atoms with Crippen molar-refractivity contribution in [3.8, 4) is 5.75 Å². The Bertz CT molecular complexity index is 423. The normalized spacial score (nSPS) is 16.6. The Balaban J connectivity index is 1.93. The van der Waals surface area contributed by atoms with Crippen LogP contribution in [0.4, 0.5) is 0 Å². The van der Waals surface area contributed by atoms with Crippen LogP contribution in [0.3, 0.4) is 0 Å². The van der Waals surface area contributed by atoms with Crippen molar-refractivity contribution in [2.24, 2.45) is 5.92 Å². The summed E-state index contributed by atoms with van der Waals surface area (Å²) in [6.07, 6.45) is 6.61. The van der Waals surface area contributed by atoms with Gasteiger partial charge in [-0.15, -0.1) is 0 Å². The Kier molecular flexibility index (Phi) is 4.81.